The van der Waals surface area contributed by atoms with Crippen molar-refractivity contribution in [2.24, 2.45) is 5.92 Å². The predicted octanol–water partition coefficient (Wildman–Crippen LogP) is 3.39. The zero-order valence-corrected chi connectivity index (χ0v) is 14.3. The van der Waals surface area contributed by atoms with Gasteiger partial charge in [-0.15, -0.1) is 0 Å². The summed E-state index contributed by atoms with van der Waals surface area (Å²) in [6.07, 6.45) is 0.815. The molecule has 0 aliphatic rings. The van der Waals surface area contributed by atoms with Crippen LogP contribution in [0.4, 0.5) is 0 Å². The molecule has 108 valence electrons. The third-order valence-electron chi connectivity index (χ3n) is 2.90. The van der Waals surface area contributed by atoms with Gasteiger partial charge >= 0.3 is 0 Å². The van der Waals surface area contributed by atoms with E-state index in [1.807, 2.05) is 26.0 Å². The molecule has 0 amide bonds. The van der Waals surface area contributed by atoms with Crippen LogP contribution in [0.1, 0.15) is 31.4 Å². The third-order valence-corrected chi connectivity index (χ3v) is 5.34. The van der Waals surface area contributed by atoms with Crippen LogP contribution in [0.3, 0.4) is 0 Å². The zero-order chi connectivity index (χ0) is 14.6. The van der Waals surface area contributed by atoms with Gasteiger partial charge in [0.25, 0.3) is 0 Å². The summed E-state index contributed by atoms with van der Waals surface area (Å²) in [6, 6.07) is 5.41. The number of alkyl halides is 1. The van der Waals surface area contributed by atoms with Crippen LogP contribution in [0.15, 0.2) is 23.1 Å². The summed E-state index contributed by atoms with van der Waals surface area (Å²) >= 11 is 3.38. The fraction of sp³-hybridized carbons (Fsp3) is 0.571. The molecular weight excluding hydrogens is 326 g/mol. The van der Waals surface area contributed by atoms with Crippen molar-refractivity contribution in [3.8, 4) is 0 Å². The number of hydrogen-bond acceptors (Lipinski definition) is 2. The third kappa shape index (κ3) is 4.89. The molecular formula is C14H22BrNO2S. The molecule has 0 heterocycles. The van der Waals surface area contributed by atoms with E-state index < -0.39 is 10.0 Å². The topological polar surface area (TPSA) is 46.2 Å². The molecule has 1 atom stereocenters. The first kappa shape index (κ1) is 16.7. The summed E-state index contributed by atoms with van der Waals surface area (Å²) in [5, 5.41) is 0.620. The van der Waals surface area contributed by atoms with Crippen molar-refractivity contribution in [2.45, 2.75) is 45.1 Å². The molecule has 5 heteroatoms. The Bertz CT molecular complexity index is 526. The molecule has 0 saturated heterocycles. The number of nitrogens with one attached hydrogen (secondary N) is 1. The van der Waals surface area contributed by atoms with Crippen LogP contribution in [0.25, 0.3) is 0 Å². The van der Waals surface area contributed by atoms with Crippen LogP contribution < -0.4 is 4.72 Å². The van der Waals surface area contributed by atoms with Crippen molar-refractivity contribution in [3.63, 3.8) is 0 Å². The van der Waals surface area contributed by atoms with Crippen LogP contribution in [0, 0.1) is 19.8 Å². The highest BCUT2D eigenvalue weighted by Gasteiger charge is 2.21. The molecule has 1 rings (SSSR count). The summed E-state index contributed by atoms with van der Waals surface area (Å²) in [6.45, 7) is 7.89. The molecule has 0 saturated carbocycles. The number of rotatable bonds is 6. The number of sulfonamides is 1. The molecule has 1 N–H and O–H groups in total. The lowest BCUT2D eigenvalue weighted by molar-refractivity contribution is 0.488. The average Bonchev–Trinajstić information content (AvgIpc) is 2.30. The van der Waals surface area contributed by atoms with Crippen LogP contribution in [0.2, 0.25) is 0 Å². The summed E-state index contributed by atoms with van der Waals surface area (Å²) in [5.41, 5.74) is 1.72. The highest BCUT2D eigenvalue weighted by molar-refractivity contribution is 9.09. The van der Waals surface area contributed by atoms with Gasteiger partial charge in [0, 0.05) is 11.4 Å². The van der Waals surface area contributed by atoms with Gasteiger partial charge in [-0.2, -0.15) is 0 Å². The molecule has 0 aliphatic heterocycles. The smallest absolute Gasteiger partial charge is 0.207 e. The second-order valence-corrected chi connectivity index (χ2v) is 7.70. The first-order valence-corrected chi connectivity index (χ1v) is 9.02. The fourth-order valence-electron chi connectivity index (χ4n) is 1.99. The number of benzene rings is 1. The largest absolute Gasteiger partial charge is 0.241 e. The van der Waals surface area contributed by atoms with Gasteiger partial charge in [0.1, 0.15) is 0 Å². The van der Waals surface area contributed by atoms with E-state index >= 15 is 0 Å². The summed E-state index contributed by atoms with van der Waals surface area (Å²) in [7, 11) is -3.45. The van der Waals surface area contributed by atoms with Gasteiger partial charge in [-0.05, 0) is 43.4 Å². The van der Waals surface area contributed by atoms with E-state index in [0.717, 1.165) is 17.5 Å². The molecule has 0 aromatic heterocycles. The molecule has 0 fully saturated rings. The molecule has 0 aliphatic carbocycles. The van der Waals surface area contributed by atoms with Gasteiger partial charge in [-0.3, -0.25) is 0 Å². The van der Waals surface area contributed by atoms with Crippen molar-refractivity contribution >= 4 is 26.0 Å². The molecule has 19 heavy (non-hydrogen) atoms. The van der Waals surface area contributed by atoms with E-state index in [-0.39, 0.29) is 6.04 Å². The Morgan fingerprint density at radius 2 is 1.89 bits per heavy atom. The van der Waals surface area contributed by atoms with Gasteiger partial charge in [0.15, 0.2) is 0 Å². The lowest BCUT2D eigenvalue weighted by Gasteiger charge is -2.19. The zero-order valence-electron chi connectivity index (χ0n) is 11.9. The number of hydrogen-bond donors (Lipinski definition) is 1. The van der Waals surface area contributed by atoms with E-state index in [1.54, 1.807) is 6.07 Å². The molecule has 1 aromatic rings. The molecule has 3 nitrogen and oxygen atoms in total. The highest BCUT2D eigenvalue weighted by Crippen LogP contribution is 2.18. The van der Waals surface area contributed by atoms with E-state index in [0.29, 0.717) is 16.1 Å². The van der Waals surface area contributed by atoms with Crippen LogP contribution in [-0.4, -0.2) is 19.8 Å². The van der Waals surface area contributed by atoms with Crippen LogP contribution in [0.5, 0.6) is 0 Å². The van der Waals surface area contributed by atoms with Crippen molar-refractivity contribution in [2.75, 3.05) is 5.33 Å². The molecule has 1 aromatic carbocycles. The first-order valence-electron chi connectivity index (χ1n) is 6.41. The number of halogens is 1. The first-order chi connectivity index (χ1) is 8.76. The molecule has 0 spiro atoms. The maximum atomic E-state index is 12.4. The van der Waals surface area contributed by atoms with Gasteiger partial charge < -0.3 is 0 Å². The van der Waals surface area contributed by atoms with E-state index in [2.05, 4.69) is 34.5 Å². The predicted molar refractivity (Wildman–Crippen MR) is 83.3 cm³/mol. The van der Waals surface area contributed by atoms with Gasteiger partial charge in [0.05, 0.1) is 4.90 Å². The Kier molecular flexibility index (Phi) is 6.02. The van der Waals surface area contributed by atoms with Crippen molar-refractivity contribution in [1.82, 2.24) is 4.72 Å². The fourth-order valence-corrected chi connectivity index (χ4v) is 4.21. The summed E-state index contributed by atoms with van der Waals surface area (Å²) in [4.78, 5) is 0.377. The Morgan fingerprint density at radius 1 is 1.26 bits per heavy atom. The van der Waals surface area contributed by atoms with Crippen molar-refractivity contribution in [3.05, 3.63) is 29.3 Å². The maximum absolute atomic E-state index is 12.4. The average molecular weight is 348 g/mol. The lowest BCUT2D eigenvalue weighted by atomic mass is 10.1. The Labute approximate surface area is 125 Å². The molecule has 1 unspecified atom stereocenters. The Hall–Kier alpha value is -0.390. The monoisotopic (exact) mass is 347 g/mol. The van der Waals surface area contributed by atoms with E-state index in [1.165, 1.54) is 0 Å². The quantitative estimate of drug-likeness (QED) is 0.801. The second kappa shape index (κ2) is 6.86. The SMILES string of the molecule is Cc1ccc(C)c(S(=O)(=O)NC(CBr)CC(C)C)c1. The van der Waals surface area contributed by atoms with Gasteiger partial charge in [-0.1, -0.05) is 41.9 Å². The summed E-state index contributed by atoms with van der Waals surface area (Å²) in [5.74, 6) is 0.448. The summed E-state index contributed by atoms with van der Waals surface area (Å²) < 4.78 is 27.6. The Balaban J connectivity index is 3.00. The minimum atomic E-state index is -3.45. The van der Waals surface area contributed by atoms with Crippen LogP contribution >= 0.6 is 15.9 Å². The van der Waals surface area contributed by atoms with Crippen molar-refractivity contribution < 1.29 is 8.42 Å². The second-order valence-electron chi connectivity index (χ2n) is 5.37. The standard InChI is InChI=1S/C14H22BrNO2S/c1-10(2)7-13(9-15)16-19(17,18)14-8-11(3)5-6-12(14)4/h5-6,8,10,13,16H,7,9H2,1-4H3. The maximum Gasteiger partial charge on any atom is 0.241 e. The normalized spacial score (nSPS) is 13.8. The minimum Gasteiger partial charge on any atom is -0.207 e. The van der Waals surface area contributed by atoms with Crippen molar-refractivity contribution in [1.29, 1.82) is 0 Å². The van der Waals surface area contributed by atoms with Gasteiger partial charge in [0.2, 0.25) is 10.0 Å². The molecule has 0 bridgehead atoms. The van der Waals surface area contributed by atoms with Crippen LogP contribution in [-0.2, 0) is 10.0 Å². The van der Waals surface area contributed by atoms with Gasteiger partial charge in [-0.25, -0.2) is 13.1 Å². The minimum absolute atomic E-state index is 0.0788. The lowest BCUT2D eigenvalue weighted by Crippen LogP contribution is -2.37. The van der Waals surface area contributed by atoms with E-state index in [9.17, 15) is 8.42 Å². The Morgan fingerprint density at radius 3 is 2.42 bits per heavy atom. The number of aryl methyl sites for hydroxylation is 2. The van der Waals surface area contributed by atoms with E-state index in [4.69, 9.17) is 0 Å². The highest BCUT2D eigenvalue weighted by atomic mass is 79.9. The molecule has 0 radical (unpaired) electrons.